The van der Waals surface area contributed by atoms with Crippen molar-refractivity contribution in [1.29, 1.82) is 5.26 Å². The van der Waals surface area contributed by atoms with Gasteiger partial charge in [0.15, 0.2) is 23.0 Å². The molecule has 28 heavy (non-hydrogen) atoms. The van der Waals surface area contributed by atoms with Crippen LogP contribution in [0.2, 0.25) is 5.02 Å². The second-order valence-corrected chi connectivity index (χ2v) is 6.13. The molecule has 144 valence electrons. The van der Waals surface area contributed by atoms with Crippen molar-refractivity contribution in [2.24, 2.45) is 0 Å². The topological polar surface area (TPSA) is 89.8 Å². The Morgan fingerprint density at radius 2 is 1.93 bits per heavy atom. The average molecular weight is 401 g/mol. The minimum atomic E-state index is -0.565. The van der Waals surface area contributed by atoms with Crippen LogP contribution in [0.1, 0.15) is 5.56 Å². The fourth-order valence-corrected chi connectivity index (χ4v) is 2.95. The van der Waals surface area contributed by atoms with E-state index >= 15 is 0 Å². The van der Waals surface area contributed by atoms with E-state index in [9.17, 15) is 10.1 Å². The molecule has 0 radical (unpaired) electrons. The smallest absolute Gasteiger partial charge is 0.266 e. The summed E-state index contributed by atoms with van der Waals surface area (Å²) in [5.74, 6) is 1.36. The molecule has 1 aliphatic heterocycles. The zero-order valence-electron chi connectivity index (χ0n) is 15.2. The largest absolute Gasteiger partial charge is 0.493 e. The van der Waals surface area contributed by atoms with Gasteiger partial charge in [-0.25, -0.2) is 0 Å². The molecule has 8 heteroatoms. The van der Waals surface area contributed by atoms with Gasteiger partial charge in [-0.15, -0.1) is 0 Å². The van der Waals surface area contributed by atoms with Crippen LogP contribution in [-0.4, -0.2) is 33.3 Å². The number of hydrogen-bond donors (Lipinski definition) is 1. The van der Waals surface area contributed by atoms with Crippen molar-refractivity contribution in [2.75, 3.05) is 32.8 Å². The Morgan fingerprint density at radius 3 is 2.61 bits per heavy atom. The summed E-state index contributed by atoms with van der Waals surface area (Å²) in [5, 5.41) is 12.4. The number of anilines is 1. The molecule has 0 saturated heterocycles. The van der Waals surface area contributed by atoms with E-state index < -0.39 is 5.91 Å². The zero-order valence-corrected chi connectivity index (χ0v) is 16.0. The molecule has 1 heterocycles. The van der Waals surface area contributed by atoms with Gasteiger partial charge in [-0.2, -0.15) is 5.26 Å². The van der Waals surface area contributed by atoms with Crippen molar-refractivity contribution in [2.45, 2.75) is 0 Å². The van der Waals surface area contributed by atoms with Crippen molar-refractivity contribution >= 4 is 29.3 Å². The molecule has 0 saturated carbocycles. The standard InChI is InChI=1S/C20H17ClN2O5/c1-25-18-9-12(8-15(21)19(18)26-2)7-13(11-22)20(24)23-14-3-4-16-17(10-14)28-6-5-27-16/h3-4,7-10H,5-6H2,1-2H3,(H,23,24)/b13-7+. The van der Waals surface area contributed by atoms with E-state index in [4.69, 9.17) is 30.5 Å². The molecule has 2 aromatic rings. The van der Waals surface area contributed by atoms with E-state index in [1.54, 1.807) is 30.3 Å². The normalized spacial score (nSPS) is 12.7. The van der Waals surface area contributed by atoms with Crippen molar-refractivity contribution in [3.05, 3.63) is 46.5 Å². The molecule has 3 rings (SSSR count). The van der Waals surface area contributed by atoms with Gasteiger partial charge in [-0.3, -0.25) is 4.79 Å². The van der Waals surface area contributed by atoms with Crippen LogP contribution in [0, 0.1) is 11.3 Å². The minimum Gasteiger partial charge on any atom is -0.493 e. The molecule has 0 atom stereocenters. The maximum atomic E-state index is 12.5. The highest BCUT2D eigenvalue weighted by Crippen LogP contribution is 2.37. The van der Waals surface area contributed by atoms with Crippen LogP contribution in [0.25, 0.3) is 6.08 Å². The van der Waals surface area contributed by atoms with E-state index in [-0.39, 0.29) is 5.57 Å². The van der Waals surface area contributed by atoms with Gasteiger partial charge in [0.2, 0.25) is 0 Å². The Kier molecular flexibility index (Phi) is 5.92. The van der Waals surface area contributed by atoms with Crippen molar-refractivity contribution < 1.29 is 23.7 Å². The SMILES string of the molecule is COc1cc(/C=C(\C#N)C(=O)Nc2ccc3c(c2)OCCO3)cc(Cl)c1OC. The number of halogens is 1. The summed E-state index contributed by atoms with van der Waals surface area (Å²) >= 11 is 6.17. The van der Waals surface area contributed by atoms with Gasteiger partial charge in [0.05, 0.1) is 19.2 Å². The molecule has 1 amide bonds. The van der Waals surface area contributed by atoms with Gasteiger partial charge in [0.1, 0.15) is 24.9 Å². The molecule has 0 bridgehead atoms. The highest BCUT2D eigenvalue weighted by molar-refractivity contribution is 6.32. The monoisotopic (exact) mass is 400 g/mol. The molecule has 0 aliphatic carbocycles. The molecule has 0 spiro atoms. The molecule has 1 aliphatic rings. The fraction of sp³-hybridized carbons (Fsp3) is 0.200. The van der Waals surface area contributed by atoms with E-state index in [0.29, 0.717) is 52.5 Å². The first kappa shape index (κ1) is 19.4. The third kappa shape index (κ3) is 4.13. The van der Waals surface area contributed by atoms with Gasteiger partial charge in [-0.1, -0.05) is 11.6 Å². The molecule has 0 fully saturated rings. The first-order valence-electron chi connectivity index (χ1n) is 8.30. The van der Waals surface area contributed by atoms with Gasteiger partial charge >= 0.3 is 0 Å². The summed E-state index contributed by atoms with van der Waals surface area (Å²) in [5.41, 5.74) is 0.912. The van der Waals surface area contributed by atoms with Crippen LogP contribution >= 0.6 is 11.6 Å². The predicted molar refractivity (Wildman–Crippen MR) is 104 cm³/mol. The average Bonchev–Trinajstić information content (AvgIpc) is 2.71. The lowest BCUT2D eigenvalue weighted by Gasteiger charge is -2.18. The number of rotatable bonds is 5. The first-order valence-corrected chi connectivity index (χ1v) is 8.68. The van der Waals surface area contributed by atoms with Crippen LogP contribution in [0.3, 0.4) is 0 Å². The molecule has 7 nitrogen and oxygen atoms in total. The van der Waals surface area contributed by atoms with Crippen LogP contribution in [0.4, 0.5) is 5.69 Å². The molecule has 1 N–H and O–H groups in total. The maximum absolute atomic E-state index is 12.5. The highest BCUT2D eigenvalue weighted by Gasteiger charge is 2.16. The summed E-state index contributed by atoms with van der Waals surface area (Å²) in [6, 6.07) is 10.1. The van der Waals surface area contributed by atoms with Crippen LogP contribution in [-0.2, 0) is 4.79 Å². The Hall–Kier alpha value is -3.37. The number of nitrogens with one attached hydrogen (secondary N) is 1. The first-order chi connectivity index (χ1) is 13.5. The van der Waals surface area contributed by atoms with E-state index in [2.05, 4.69) is 5.32 Å². The fourth-order valence-electron chi connectivity index (χ4n) is 2.66. The minimum absolute atomic E-state index is 0.0989. The summed E-state index contributed by atoms with van der Waals surface area (Å²) in [6.07, 6.45) is 1.42. The van der Waals surface area contributed by atoms with Gasteiger partial charge in [0, 0.05) is 11.8 Å². The lowest BCUT2D eigenvalue weighted by Crippen LogP contribution is -2.17. The quantitative estimate of drug-likeness (QED) is 0.608. The number of hydrogen-bond acceptors (Lipinski definition) is 6. The van der Waals surface area contributed by atoms with Gasteiger partial charge in [-0.05, 0) is 35.9 Å². The summed E-state index contributed by atoms with van der Waals surface area (Å²) in [7, 11) is 2.95. The molecule has 2 aromatic carbocycles. The maximum Gasteiger partial charge on any atom is 0.266 e. The van der Waals surface area contributed by atoms with E-state index in [0.717, 1.165) is 0 Å². The number of carbonyl (C=O) groups excluding carboxylic acids is 1. The second-order valence-electron chi connectivity index (χ2n) is 5.72. The third-order valence-corrected chi connectivity index (χ3v) is 4.21. The number of ether oxygens (including phenoxy) is 4. The molecular weight excluding hydrogens is 384 g/mol. The number of benzene rings is 2. The predicted octanol–water partition coefficient (Wildman–Crippen LogP) is 3.67. The molecular formula is C20H17ClN2O5. The zero-order chi connectivity index (χ0) is 20.1. The van der Waals surface area contributed by atoms with E-state index in [1.165, 1.54) is 20.3 Å². The number of fused-ring (bicyclic) bond motifs is 1. The lowest BCUT2D eigenvalue weighted by molar-refractivity contribution is -0.112. The van der Waals surface area contributed by atoms with E-state index in [1.807, 2.05) is 6.07 Å². The third-order valence-electron chi connectivity index (χ3n) is 3.93. The number of methoxy groups -OCH3 is 2. The Balaban J connectivity index is 1.84. The number of nitriles is 1. The molecule has 0 unspecified atom stereocenters. The lowest BCUT2D eigenvalue weighted by atomic mass is 10.1. The Labute approximate surface area is 167 Å². The second kappa shape index (κ2) is 8.55. The van der Waals surface area contributed by atoms with Gasteiger partial charge < -0.3 is 24.3 Å². The highest BCUT2D eigenvalue weighted by atomic mass is 35.5. The summed E-state index contributed by atoms with van der Waals surface area (Å²) in [6.45, 7) is 0.918. The van der Waals surface area contributed by atoms with Crippen LogP contribution in [0.15, 0.2) is 35.9 Å². The van der Waals surface area contributed by atoms with Crippen molar-refractivity contribution in [1.82, 2.24) is 0 Å². The number of carbonyl (C=O) groups is 1. The molecule has 0 aromatic heterocycles. The Morgan fingerprint density at radius 1 is 1.18 bits per heavy atom. The van der Waals surface area contributed by atoms with Crippen molar-refractivity contribution in [3.63, 3.8) is 0 Å². The number of amides is 1. The number of nitrogens with zero attached hydrogens (tertiary/aromatic N) is 1. The summed E-state index contributed by atoms with van der Waals surface area (Å²) in [4.78, 5) is 12.5. The van der Waals surface area contributed by atoms with Crippen LogP contribution in [0.5, 0.6) is 23.0 Å². The van der Waals surface area contributed by atoms with Crippen molar-refractivity contribution in [3.8, 4) is 29.1 Å². The Bertz CT molecular complexity index is 981. The summed E-state index contributed by atoms with van der Waals surface area (Å²) < 4.78 is 21.4. The van der Waals surface area contributed by atoms with Crippen LogP contribution < -0.4 is 24.3 Å². The van der Waals surface area contributed by atoms with Gasteiger partial charge in [0.25, 0.3) is 5.91 Å².